The summed E-state index contributed by atoms with van der Waals surface area (Å²) in [6.07, 6.45) is 0. The van der Waals surface area contributed by atoms with Gasteiger partial charge in [-0.05, 0) is 30.3 Å². The molecule has 0 aliphatic heterocycles. The van der Waals surface area contributed by atoms with Crippen LogP contribution < -0.4 is 4.72 Å². The van der Waals surface area contributed by atoms with E-state index in [2.05, 4.69) is 0 Å². The smallest absolute Gasteiger partial charge is 0.263 e. The van der Waals surface area contributed by atoms with Crippen LogP contribution in [0.1, 0.15) is 5.56 Å². The number of sulfonamides is 1. The van der Waals surface area contributed by atoms with Crippen LogP contribution in [0.2, 0.25) is 5.02 Å². The molecule has 0 saturated carbocycles. The normalized spacial score (nSPS) is 11.0. The molecule has 0 bridgehead atoms. The lowest BCUT2D eigenvalue weighted by Crippen LogP contribution is -2.15. The van der Waals surface area contributed by atoms with E-state index in [1.54, 1.807) is 6.07 Å². The Balaban J connectivity index is 2.44. The topological polar surface area (TPSA) is 70.0 Å². The van der Waals surface area contributed by atoms with E-state index >= 15 is 0 Å². The van der Waals surface area contributed by atoms with Gasteiger partial charge in [0, 0.05) is 0 Å². The summed E-state index contributed by atoms with van der Waals surface area (Å²) in [5, 5.41) is 8.50. The lowest BCUT2D eigenvalue weighted by atomic mass is 10.2. The molecule has 0 radical (unpaired) electrons. The van der Waals surface area contributed by atoms with Gasteiger partial charge in [0.1, 0.15) is 4.90 Å². The summed E-state index contributed by atoms with van der Waals surface area (Å²) in [6, 6.07) is 8.44. The van der Waals surface area contributed by atoms with E-state index in [0.717, 1.165) is 30.3 Å². The van der Waals surface area contributed by atoms with Crippen LogP contribution in [0.25, 0.3) is 0 Å². The molecule has 0 aromatic heterocycles. The van der Waals surface area contributed by atoms with Gasteiger partial charge in [0.2, 0.25) is 0 Å². The molecule has 0 aliphatic rings. The Morgan fingerprint density at radius 3 is 2.52 bits per heavy atom. The first-order valence-corrected chi connectivity index (χ1v) is 7.38. The summed E-state index contributed by atoms with van der Waals surface area (Å²) in [7, 11) is -4.21. The Hall–Kier alpha value is -2.17. The highest BCUT2D eigenvalue weighted by Gasteiger charge is 2.20. The first kappa shape index (κ1) is 15.2. The number of nitrogens with one attached hydrogen (secondary N) is 1. The molecule has 2 rings (SSSR count). The van der Waals surface area contributed by atoms with Crippen molar-refractivity contribution in [1.82, 2.24) is 0 Å². The number of halogens is 3. The van der Waals surface area contributed by atoms with Crippen LogP contribution in [-0.2, 0) is 10.0 Å². The van der Waals surface area contributed by atoms with Crippen molar-refractivity contribution in [2.75, 3.05) is 4.72 Å². The zero-order valence-electron chi connectivity index (χ0n) is 10.3. The summed E-state index contributed by atoms with van der Waals surface area (Å²) in [6.45, 7) is 0. The Bertz CT molecular complexity index is 848. The van der Waals surface area contributed by atoms with Gasteiger partial charge in [-0.15, -0.1) is 0 Å². The number of nitrogens with zero attached hydrogens (tertiary/aromatic N) is 1. The molecule has 0 atom stereocenters. The number of benzene rings is 2. The maximum absolute atomic E-state index is 13.5. The van der Waals surface area contributed by atoms with Gasteiger partial charge in [-0.25, -0.2) is 17.2 Å². The molecule has 2 aromatic carbocycles. The largest absolute Gasteiger partial charge is 0.276 e. The lowest BCUT2D eigenvalue weighted by molar-refractivity contribution is 0.511. The Morgan fingerprint density at radius 1 is 1.19 bits per heavy atom. The molecule has 108 valence electrons. The predicted molar refractivity (Wildman–Crippen MR) is 73.3 cm³/mol. The van der Waals surface area contributed by atoms with E-state index in [-0.39, 0.29) is 15.5 Å². The number of nitriles is 1. The molecular formula is C13H7ClF2N2O2S. The van der Waals surface area contributed by atoms with E-state index in [1.165, 1.54) is 6.07 Å². The minimum absolute atomic E-state index is 0.177. The van der Waals surface area contributed by atoms with Crippen LogP contribution in [-0.4, -0.2) is 8.42 Å². The average Bonchev–Trinajstić information content (AvgIpc) is 2.43. The van der Waals surface area contributed by atoms with Crippen molar-refractivity contribution in [3.8, 4) is 6.07 Å². The summed E-state index contributed by atoms with van der Waals surface area (Å²) in [5.41, 5.74) is -0.355. The van der Waals surface area contributed by atoms with Gasteiger partial charge in [-0.1, -0.05) is 17.7 Å². The molecule has 8 heteroatoms. The second-order valence-electron chi connectivity index (χ2n) is 3.96. The number of hydrogen-bond donors (Lipinski definition) is 1. The third kappa shape index (κ3) is 3.12. The standard InChI is InChI=1S/C13H7ClF2N2O2S/c14-9-6-8(7-17)4-5-12(9)21(19,20)18-11-3-1-2-10(15)13(11)16/h1-6,18H. The van der Waals surface area contributed by atoms with E-state index in [4.69, 9.17) is 16.9 Å². The zero-order valence-corrected chi connectivity index (χ0v) is 11.8. The molecule has 0 spiro atoms. The van der Waals surface area contributed by atoms with Crippen LogP contribution in [0.3, 0.4) is 0 Å². The SMILES string of the molecule is N#Cc1ccc(S(=O)(=O)Nc2cccc(F)c2F)c(Cl)c1. The van der Waals surface area contributed by atoms with Crippen LogP contribution in [0.4, 0.5) is 14.5 Å². The van der Waals surface area contributed by atoms with Crippen LogP contribution in [0.15, 0.2) is 41.3 Å². The van der Waals surface area contributed by atoms with E-state index in [9.17, 15) is 17.2 Å². The van der Waals surface area contributed by atoms with Crippen LogP contribution in [0.5, 0.6) is 0 Å². The van der Waals surface area contributed by atoms with Gasteiger partial charge in [-0.3, -0.25) is 4.72 Å². The highest BCUT2D eigenvalue weighted by Crippen LogP contribution is 2.26. The second kappa shape index (κ2) is 5.68. The number of rotatable bonds is 3. The van der Waals surface area contributed by atoms with Gasteiger partial charge in [0.25, 0.3) is 10.0 Å². The molecule has 0 unspecified atom stereocenters. The van der Waals surface area contributed by atoms with Crippen molar-refractivity contribution >= 4 is 27.3 Å². The van der Waals surface area contributed by atoms with Gasteiger partial charge in [0.05, 0.1) is 22.3 Å². The van der Waals surface area contributed by atoms with Crippen molar-refractivity contribution in [1.29, 1.82) is 5.26 Å². The Labute approximate surface area is 124 Å². The minimum atomic E-state index is -4.21. The fourth-order valence-corrected chi connectivity index (χ4v) is 3.18. The number of hydrogen-bond acceptors (Lipinski definition) is 3. The van der Waals surface area contributed by atoms with Crippen molar-refractivity contribution in [2.45, 2.75) is 4.90 Å². The fraction of sp³-hybridized carbons (Fsp3) is 0. The van der Waals surface area contributed by atoms with Crippen molar-refractivity contribution in [3.63, 3.8) is 0 Å². The molecule has 0 heterocycles. The van der Waals surface area contributed by atoms with Gasteiger partial charge < -0.3 is 0 Å². The zero-order chi connectivity index (χ0) is 15.6. The van der Waals surface area contributed by atoms with Gasteiger partial charge in [0.15, 0.2) is 11.6 Å². The van der Waals surface area contributed by atoms with Crippen molar-refractivity contribution < 1.29 is 17.2 Å². The minimum Gasteiger partial charge on any atom is -0.276 e. The van der Waals surface area contributed by atoms with Gasteiger partial charge >= 0.3 is 0 Å². The quantitative estimate of drug-likeness (QED) is 0.939. The lowest BCUT2D eigenvalue weighted by Gasteiger charge is -2.10. The van der Waals surface area contributed by atoms with E-state index < -0.39 is 27.3 Å². The highest BCUT2D eigenvalue weighted by atomic mass is 35.5. The number of anilines is 1. The molecule has 0 aliphatic carbocycles. The molecule has 2 aromatic rings. The van der Waals surface area contributed by atoms with Crippen molar-refractivity contribution in [2.24, 2.45) is 0 Å². The molecule has 21 heavy (non-hydrogen) atoms. The summed E-state index contributed by atoms with van der Waals surface area (Å²) < 4.78 is 52.7. The van der Waals surface area contributed by atoms with E-state index in [0.29, 0.717) is 0 Å². The average molecular weight is 329 g/mol. The first-order chi connectivity index (χ1) is 9.85. The van der Waals surface area contributed by atoms with Crippen molar-refractivity contribution in [3.05, 3.63) is 58.6 Å². The Morgan fingerprint density at radius 2 is 1.90 bits per heavy atom. The molecule has 0 amide bonds. The predicted octanol–water partition coefficient (Wildman–Crippen LogP) is 3.29. The molecule has 0 saturated heterocycles. The third-order valence-electron chi connectivity index (χ3n) is 2.55. The molecular weight excluding hydrogens is 322 g/mol. The summed E-state index contributed by atoms with van der Waals surface area (Å²) >= 11 is 5.79. The van der Waals surface area contributed by atoms with Crippen LogP contribution >= 0.6 is 11.6 Å². The molecule has 1 N–H and O–H groups in total. The molecule has 4 nitrogen and oxygen atoms in total. The summed E-state index contributed by atoms with van der Waals surface area (Å²) in [5.74, 6) is -2.49. The van der Waals surface area contributed by atoms with Crippen LogP contribution in [0, 0.1) is 23.0 Å². The third-order valence-corrected chi connectivity index (χ3v) is 4.39. The molecule has 0 fully saturated rings. The Kier molecular flexibility index (Phi) is 4.11. The fourth-order valence-electron chi connectivity index (χ4n) is 1.57. The van der Waals surface area contributed by atoms with Gasteiger partial charge in [-0.2, -0.15) is 5.26 Å². The maximum atomic E-state index is 13.5. The first-order valence-electron chi connectivity index (χ1n) is 5.51. The summed E-state index contributed by atoms with van der Waals surface area (Å²) in [4.78, 5) is -0.341. The monoisotopic (exact) mass is 328 g/mol. The highest BCUT2D eigenvalue weighted by molar-refractivity contribution is 7.92. The van der Waals surface area contributed by atoms with E-state index in [1.807, 2.05) is 4.72 Å². The second-order valence-corrected chi connectivity index (χ2v) is 6.02. The maximum Gasteiger partial charge on any atom is 0.263 e.